The van der Waals surface area contributed by atoms with Crippen LogP contribution in [0.1, 0.15) is 51.4 Å². The number of aliphatic hydroxyl groups is 1. The van der Waals surface area contributed by atoms with Gasteiger partial charge in [-0.2, -0.15) is 0 Å². The molecule has 0 aliphatic rings. The van der Waals surface area contributed by atoms with Crippen LogP contribution in [0.25, 0.3) is 0 Å². The average Bonchev–Trinajstić information content (AvgIpc) is 2.47. The molecule has 5 N–H and O–H groups in total. The van der Waals surface area contributed by atoms with E-state index in [1.807, 2.05) is 20.8 Å². The highest BCUT2D eigenvalue weighted by Gasteiger charge is 2.22. The van der Waals surface area contributed by atoms with Crippen LogP contribution in [0.4, 0.5) is 11.6 Å². The Hall–Kier alpha value is -1.40. The monoisotopic (exact) mass is 281 g/mol. The maximum atomic E-state index is 10.3. The van der Waals surface area contributed by atoms with E-state index < -0.39 is 5.60 Å². The molecule has 1 aromatic rings. The van der Waals surface area contributed by atoms with Crippen LogP contribution in [0, 0.1) is 6.92 Å². The lowest BCUT2D eigenvalue weighted by Gasteiger charge is -2.26. The predicted octanol–water partition coefficient (Wildman–Crippen LogP) is 1.99. The zero-order valence-corrected chi connectivity index (χ0v) is 13.0. The molecular formula is C14H27N5O. The van der Waals surface area contributed by atoms with Gasteiger partial charge in [-0.05, 0) is 26.2 Å². The third kappa shape index (κ3) is 4.05. The lowest BCUT2D eigenvalue weighted by molar-refractivity contribution is 0.0456. The number of rotatable bonds is 8. The summed E-state index contributed by atoms with van der Waals surface area (Å²) in [4.78, 5) is 8.89. The summed E-state index contributed by atoms with van der Waals surface area (Å²) in [7, 11) is 0. The van der Waals surface area contributed by atoms with Gasteiger partial charge in [0.05, 0.1) is 5.60 Å². The molecule has 0 fully saturated rings. The molecule has 6 heteroatoms. The van der Waals surface area contributed by atoms with Crippen molar-refractivity contribution in [3.63, 3.8) is 0 Å². The first-order valence-electron chi connectivity index (χ1n) is 7.30. The molecule has 0 radical (unpaired) electrons. The van der Waals surface area contributed by atoms with Crippen molar-refractivity contribution < 1.29 is 5.11 Å². The van der Waals surface area contributed by atoms with Crippen LogP contribution in [-0.4, -0.2) is 27.2 Å². The van der Waals surface area contributed by atoms with E-state index in [0.717, 1.165) is 30.0 Å². The third-order valence-corrected chi connectivity index (χ3v) is 3.70. The zero-order chi connectivity index (χ0) is 15.2. The number of aromatic nitrogens is 2. The third-order valence-electron chi connectivity index (χ3n) is 3.70. The van der Waals surface area contributed by atoms with Crippen molar-refractivity contribution >= 4 is 11.6 Å². The maximum absolute atomic E-state index is 10.3. The highest BCUT2D eigenvalue weighted by atomic mass is 16.3. The lowest BCUT2D eigenvalue weighted by Crippen LogP contribution is -2.36. The molecular weight excluding hydrogens is 254 g/mol. The van der Waals surface area contributed by atoms with Gasteiger partial charge in [-0.1, -0.05) is 20.8 Å². The number of nitrogen functional groups attached to an aromatic ring is 1. The molecule has 0 aliphatic carbocycles. The minimum Gasteiger partial charge on any atom is -0.388 e. The fraction of sp³-hybridized carbons (Fsp3) is 0.714. The Morgan fingerprint density at radius 2 is 1.75 bits per heavy atom. The number of anilines is 2. The molecule has 0 aromatic carbocycles. The maximum Gasteiger partial charge on any atom is 0.148 e. The molecule has 0 aliphatic heterocycles. The van der Waals surface area contributed by atoms with E-state index in [2.05, 4.69) is 27.6 Å². The van der Waals surface area contributed by atoms with Crippen LogP contribution in [0.5, 0.6) is 0 Å². The van der Waals surface area contributed by atoms with Gasteiger partial charge < -0.3 is 15.8 Å². The molecule has 6 nitrogen and oxygen atoms in total. The number of aryl methyl sites for hydroxylation is 1. The Labute approximate surface area is 121 Å². The molecule has 0 saturated heterocycles. The Balaban J connectivity index is 2.95. The Morgan fingerprint density at radius 3 is 2.25 bits per heavy atom. The summed E-state index contributed by atoms with van der Waals surface area (Å²) in [5, 5.41) is 13.6. The molecule has 114 valence electrons. The van der Waals surface area contributed by atoms with E-state index in [1.54, 1.807) is 0 Å². The van der Waals surface area contributed by atoms with Gasteiger partial charge >= 0.3 is 0 Å². The van der Waals surface area contributed by atoms with Crippen LogP contribution >= 0.6 is 0 Å². The number of hydrogen-bond donors (Lipinski definition) is 4. The molecule has 1 aromatic heterocycles. The molecule has 0 spiro atoms. The Morgan fingerprint density at radius 1 is 1.15 bits per heavy atom. The summed E-state index contributed by atoms with van der Waals surface area (Å²) >= 11 is 0. The molecule has 0 unspecified atom stereocenters. The first-order valence-corrected chi connectivity index (χ1v) is 7.30. The number of hydrogen-bond acceptors (Lipinski definition) is 6. The normalized spacial score (nSPS) is 11.5. The van der Waals surface area contributed by atoms with Crippen LogP contribution in [0.3, 0.4) is 0 Å². The van der Waals surface area contributed by atoms with E-state index in [-0.39, 0.29) is 0 Å². The van der Waals surface area contributed by atoms with Crippen molar-refractivity contribution in [1.82, 2.24) is 9.97 Å². The van der Waals surface area contributed by atoms with Crippen LogP contribution in [0.15, 0.2) is 0 Å². The quantitative estimate of drug-likeness (QED) is 0.430. The molecule has 0 saturated carbocycles. The van der Waals surface area contributed by atoms with Gasteiger partial charge in [0.25, 0.3) is 0 Å². The van der Waals surface area contributed by atoms with Gasteiger partial charge in [-0.15, -0.1) is 0 Å². The van der Waals surface area contributed by atoms with Crippen molar-refractivity contribution in [1.29, 1.82) is 0 Å². The molecule has 1 rings (SSSR count). The molecule has 0 bridgehead atoms. The molecule has 20 heavy (non-hydrogen) atoms. The largest absolute Gasteiger partial charge is 0.388 e. The summed E-state index contributed by atoms with van der Waals surface area (Å²) in [5.41, 5.74) is 2.76. The van der Waals surface area contributed by atoms with Crippen molar-refractivity contribution in [3.8, 4) is 0 Å². The highest BCUT2D eigenvalue weighted by molar-refractivity contribution is 5.56. The van der Waals surface area contributed by atoms with Crippen LogP contribution in [-0.2, 0) is 6.42 Å². The van der Waals surface area contributed by atoms with Gasteiger partial charge in [-0.3, -0.25) is 0 Å². The molecule has 0 atom stereocenters. The SMILES string of the molecule is CCCc1nc(NN)c(C)c(NCC(O)(CC)CC)n1. The standard InChI is InChI=1S/C14H27N5O/c1-5-8-11-17-12(10(4)13(18-11)19-15)16-9-14(20,6-2)7-3/h20H,5-9,15H2,1-4H3,(H2,16,17,18,19). The van der Waals surface area contributed by atoms with E-state index >= 15 is 0 Å². The second-order valence-corrected chi connectivity index (χ2v) is 5.14. The van der Waals surface area contributed by atoms with Crippen molar-refractivity contribution in [3.05, 3.63) is 11.4 Å². The fourth-order valence-electron chi connectivity index (χ4n) is 1.96. The molecule has 1 heterocycles. The van der Waals surface area contributed by atoms with E-state index in [1.165, 1.54) is 0 Å². The number of nitrogens with two attached hydrogens (primary N) is 1. The zero-order valence-electron chi connectivity index (χ0n) is 13.0. The van der Waals surface area contributed by atoms with Gasteiger partial charge in [0.2, 0.25) is 0 Å². The fourth-order valence-corrected chi connectivity index (χ4v) is 1.96. The molecule has 0 amide bonds. The lowest BCUT2D eigenvalue weighted by atomic mass is 9.97. The van der Waals surface area contributed by atoms with E-state index in [9.17, 15) is 5.11 Å². The Kier molecular flexibility index (Phi) is 6.16. The topological polar surface area (TPSA) is 96.1 Å². The first-order chi connectivity index (χ1) is 9.49. The second kappa shape index (κ2) is 7.40. The van der Waals surface area contributed by atoms with Crippen LogP contribution < -0.4 is 16.6 Å². The van der Waals surface area contributed by atoms with Crippen molar-refractivity contribution in [2.75, 3.05) is 17.3 Å². The summed E-state index contributed by atoms with van der Waals surface area (Å²) in [6.45, 7) is 8.41. The summed E-state index contributed by atoms with van der Waals surface area (Å²) in [6.07, 6.45) is 3.17. The minimum absolute atomic E-state index is 0.466. The van der Waals surface area contributed by atoms with E-state index in [4.69, 9.17) is 5.84 Å². The number of hydrazine groups is 1. The summed E-state index contributed by atoms with van der Waals surface area (Å²) in [6, 6.07) is 0. The minimum atomic E-state index is -0.710. The average molecular weight is 281 g/mol. The van der Waals surface area contributed by atoms with Crippen molar-refractivity contribution in [2.45, 2.75) is 59.0 Å². The first kappa shape index (κ1) is 16.7. The van der Waals surface area contributed by atoms with Gasteiger partial charge in [0, 0.05) is 18.5 Å². The van der Waals surface area contributed by atoms with E-state index in [0.29, 0.717) is 25.2 Å². The predicted molar refractivity (Wildman–Crippen MR) is 82.6 cm³/mol. The van der Waals surface area contributed by atoms with Gasteiger partial charge in [0.1, 0.15) is 17.5 Å². The number of nitrogens with one attached hydrogen (secondary N) is 2. The summed E-state index contributed by atoms with van der Waals surface area (Å²) in [5.74, 6) is 7.62. The smallest absolute Gasteiger partial charge is 0.148 e. The number of nitrogens with zero attached hydrogens (tertiary/aromatic N) is 2. The van der Waals surface area contributed by atoms with Crippen LogP contribution in [0.2, 0.25) is 0 Å². The Bertz CT molecular complexity index is 432. The highest BCUT2D eigenvalue weighted by Crippen LogP contribution is 2.22. The van der Waals surface area contributed by atoms with Gasteiger partial charge in [-0.25, -0.2) is 15.8 Å². The van der Waals surface area contributed by atoms with Crippen molar-refractivity contribution in [2.24, 2.45) is 5.84 Å². The second-order valence-electron chi connectivity index (χ2n) is 5.14. The van der Waals surface area contributed by atoms with Gasteiger partial charge in [0.15, 0.2) is 0 Å². The summed E-state index contributed by atoms with van der Waals surface area (Å²) < 4.78 is 0.